The summed E-state index contributed by atoms with van der Waals surface area (Å²) in [7, 11) is 4.42. The molecule has 19 heavy (non-hydrogen) atoms. The Morgan fingerprint density at radius 2 is 1.84 bits per heavy atom. The van der Waals surface area contributed by atoms with Gasteiger partial charge in [0.25, 0.3) is 0 Å². The number of nitrogens with one attached hydrogen (secondary N) is 2. The Balaban J connectivity index is 1.89. The number of rotatable bonds is 4. The second-order valence-corrected chi connectivity index (χ2v) is 6.04. The smallest absolute Gasteiger partial charge is 0.216 e. The molecule has 1 aromatic carbocycles. The van der Waals surface area contributed by atoms with Gasteiger partial charge in [-0.15, -0.1) is 0 Å². The van der Waals surface area contributed by atoms with Gasteiger partial charge in [-0.3, -0.25) is 4.79 Å². The highest BCUT2D eigenvalue weighted by molar-refractivity contribution is 5.96. The lowest BCUT2D eigenvalue weighted by molar-refractivity contribution is -0.934. The van der Waals surface area contributed by atoms with Gasteiger partial charge in [0.1, 0.15) is 6.54 Å². The number of benzene rings is 1. The maximum Gasteiger partial charge on any atom is 0.216 e. The lowest BCUT2D eigenvalue weighted by Gasteiger charge is -2.30. The topological polar surface area (TPSA) is 26.0 Å². The fraction of sp³-hybridized carbons (Fsp3) is 0.562. The van der Waals surface area contributed by atoms with Gasteiger partial charge in [0.2, 0.25) is 5.78 Å². The first-order chi connectivity index (χ1) is 9.06. The second-order valence-electron chi connectivity index (χ2n) is 6.04. The zero-order valence-corrected chi connectivity index (χ0v) is 12.3. The van der Waals surface area contributed by atoms with Gasteiger partial charge in [-0.1, -0.05) is 29.8 Å². The highest BCUT2D eigenvalue weighted by Crippen LogP contribution is 2.03. The number of piperidine rings is 1. The van der Waals surface area contributed by atoms with E-state index in [2.05, 4.69) is 14.1 Å². The van der Waals surface area contributed by atoms with Crippen LogP contribution in [0.5, 0.6) is 0 Å². The van der Waals surface area contributed by atoms with Crippen LogP contribution in [0.4, 0.5) is 0 Å². The molecule has 1 aliphatic heterocycles. The van der Waals surface area contributed by atoms with Crippen molar-refractivity contribution in [3.05, 3.63) is 35.4 Å². The van der Waals surface area contributed by atoms with Crippen LogP contribution in [0.25, 0.3) is 0 Å². The Morgan fingerprint density at radius 3 is 2.42 bits per heavy atom. The number of hydrogen-bond acceptors (Lipinski definition) is 1. The molecule has 104 valence electrons. The Labute approximate surface area is 116 Å². The Hall–Kier alpha value is -1.19. The molecule has 0 bridgehead atoms. The molecule has 3 heteroatoms. The van der Waals surface area contributed by atoms with E-state index in [1.807, 2.05) is 31.2 Å². The molecular formula is C16H26N2O+2. The molecular weight excluding hydrogens is 236 g/mol. The average Bonchev–Trinajstić information content (AvgIpc) is 2.40. The number of quaternary nitrogens is 2. The van der Waals surface area contributed by atoms with Crippen molar-refractivity contribution in [2.45, 2.75) is 25.8 Å². The first-order valence-corrected chi connectivity index (χ1v) is 7.29. The summed E-state index contributed by atoms with van der Waals surface area (Å²) in [5.74, 6) is 0.267. The van der Waals surface area contributed by atoms with Crippen molar-refractivity contribution >= 4 is 5.78 Å². The summed E-state index contributed by atoms with van der Waals surface area (Å²) in [4.78, 5) is 15.2. The van der Waals surface area contributed by atoms with E-state index in [0.29, 0.717) is 12.6 Å². The van der Waals surface area contributed by atoms with Gasteiger partial charge in [0.15, 0.2) is 0 Å². The van der Waals surface area contributed by atoms with Crippen LogP contribution in [-0.2, 0) is 0 Å². The Morgan fingerprint density at radius 1 is 1.26 bits per heavy atom. The van der Waals surface area contributed by atoms with Crippen molar-refractivity contribution in [2.75, 3.05) is 33.7 Å². The minimum absolute atomic E-state index is 0.267. The van der Waals surface area contributed by atoms with Crippen LogP contribution in [0, 0.1) is 6.92 Å². The van der Waals surface area contributed by atoms with Crippen molar-refractivity contribution < 1.29 is 14.6 Å². The van der Waals surface area contributed by atoms with E-state index in [1.165, 1.54) is 36.4 Å². The Bertz CT molecular complexity index is 419. The molecule has 1 heterocycles. The van der Waals surface area contributed by atoms with Gasteiger partial charge in [-0.2, -0.15) is 0 Å². The molecule has 3 nitrogen and oxygen atoms in total. The fourth-order valence-electron chi connectivity index (χ4n) is 2.84. The molecule has 0 radical (unpaired) electrons. The molecule has 1 fully saturated rings. The summed E-state index contributed by atoms with van der Waals surface area (Å²) < 4.78 is 0. The standard InChI is InChI=1S/C16H24N2O/c1-13-4-6-14(7-5-13)16(19)12-18(3)15-8-10-17(2)11-9-15/h4-7,15H,8-12H2,1-3H3/p+2. The maximum atomic E-state index is 12.2. The zero-order chi connectivity index (χ0) is 13.8. The molecule has 2 N–H and O–H groups in total. The number of carbonyl (C=O) groups excluding carboxylic acids is 1. The summed E-state index contributed by atoms with van der Waals surface area (Å²) in [6.07, 6.45) is 2.47. The molecule has 1 aliphatic rings. The van der Waals surface area contributed by atoms with Gasteiger partial charge in [-0.05, 0) is 6.92 Å². The van der Waals surface area contributed by atoms with Crippen LogP contribution in [0.2, 0.25) is 0 Å². The molecule has 0 spiro atoms. The molecule has 1 atom stereocenters. The number of ketones is 1. The summed E-state index contributed by atoms with van der Waals surface area (Å²) >= 11 is 0. The number of Topliss-reactive ketones (excluding diaryl/α,β-unsaturated/α-hetero) is 1. The van der Waals surface area contributed by atoms with E-state index in [4.69, 9.17) is 0 Å². The summed E-state index contributed by atoms with van der Waals surface area (Å²) in [6.45, 7) is 5.14. The highest BCUT2D eigenvalue weighted by atomic mass is 16.1. The zero-order valence-electron chi connectivity index (χ0n) is 12.3. The van der Waals surface area contributed by atoms with Crippen LogP contribution in [0.15, 0.2) is 24.3 Å². The lowest BCUT2D eigenvalue weighted by atomic mass is 10.0. The summed E-state index contributed by atoms with van der Waals surface area (Å²) in [5, 5.41) is 0. The van der Waals surface area contributed by atoms with Crippen LogP contribution >= 0.6 is 0 Å². The van der Waals surface area contributed by atoms with Crippen molar-refractivity contribution in [3.63, 3.8) is 0 Å². The molecule has 2 rings (SSSR count). The number of hydrogen-bond donors (Lipinski definition) is 2. The van der Waals surface area contributed by atoms with Gasteiger partial charge in [-0.25, -0.2) is 0 Å². The molecule has 0 saturated carbocycles. The van der Waals surface area contributed by atoms with E-state index >= 15 is 0 Å². The molecule has 0 aromatic heterocycles. The first-order valence-electron chi connectivity index (χ1n) is 7.29. The molecule has 1 unspecified atom stereocenters. The monoisotopic (exact) mass is 262 g/mol. The van der Waals surface area contributed by atoms with Crippen molar-refractivity contribution in [2.24, 2.45) is 0 Å². The first kappa shape index (κ1) is 14.2. The third-order valence-corrected chi connectivity index (χ3v) is 4.35. The summed E-state index contributed by atoms with van der Waals surface area (Å²) in [6, 6.07) is 8.58. The number of likely N-dealkylation sites (N-methyl/N-ethyl adjacent to an activating group) is 1. The molecule has 0 aliphatic carbocycles. The number of aryl methyl sites for hydroxylation is 1. The van der Waals surface area contributed by atoms with Crippen molar-refractivity contribution in [3.8, 4) is 0 Å². The second kappa shape index (κ2) is 6.31. The predicted octanol–water partition coefficient (Wildman–Crippen LogP) is -0.630. The average molecular weight is 262 g/mol. The highest BCUT2D eigenvalue weighted by Gasteiger charge is 2.27. The molecule has 0 amide bonds. The lowest BCUT2D eigenvalue weighted by Crippen LogP contribution is -3.18. The van der Waals surface area contributed by atoms with Crippen molar-refractivity contribution in [1.82, 2.24) is 0 Å². The van der Waals surface area contributed by atoms with Crippen LogP contribution in [-0.4, -0.2) is 45.6 Å². The van der Waals surface area contributed by atoms with E-state index in [9.17, 15) is 4.79 Å². The minimum Gasteiger partial charge on any atom is -0.337 e. The van der Waals surface area contributed by atoms with Gasteiger partial charge >= 0.3 is 0 Å². The molecule has 1 aromatic rings. The Kier molecular flexibility index (Phi) is 4.72. The van der Waals surface area contributed by atoms with Crippen LogP contribution in [0.1, 0.15) is 28.8 Å². The number of carbonyl (C=O) groups is 1. The normalized spacial score (nSPS) is 25.0. The van der Waals surface area contributed by atoms with E-state index in [0.717, 1.165) is 5.56 Å². The van der Waals surface area contributed by atoms with E-state index < -0.39 is 0 Å². The van der Waals surface area contributed by atoms with Crippen LogP contribution in [0.3, 0.4) is 0 Å². The predicted molar refractivity (Wildman–Crippen MR) is 76.9 cm³/mol. The maximum absolute atomic E-state index is 12.2. The summed E-state index contributed by atoms with van der Waals surface area (Å²) in [5.41, 5.74) is 2.05. The van der Waals surface area contributed by atoms with Crippen LogP contribution < -0.4 is 9.80 Å². The van der Waals surface area contributed by atoms with E-state index in [1.54, 1.807) is 4.90 Å². The third kappa shape index (κ3) is 3.88. The van der Waals surface area contributed by atoms with Crippen molar-refractivity contribution in [1.29, 1.82) is 0 Å². The molecule has 1 saturated heterocycles. The number of likely N-dealkylation sites (tertiary alicyclic amines) is 1. The fourth-order valence-corrected chi connectivity index (χ4v) is 2.84. The van der Waals surface area contributed by atoms with Gasteiger partial charge in [0, 0.05) is 18.4 Å². The quantitative estimate of drug-likeness (QED) is 0.694. The SMILES string of the molecule is Cc1ccc(C(=O)C[NH+](C)C2CC[NH+](C)CC2)cc1. The van der Waals surface area contributed by atoms with E-state index in [-0.39, 0.29) is 5.78 Å². The third-order valence-electron chi connectivity index (χ3n) is 4.35. The van der Waals surface area contributed by atoms with Gasteiger partial charge in [0.05, 0.1) is 33.2 Å². The minimum atomic E-state index is 0.267. The van der Waals surface area contributed by atoms with Gasteiger partial charge < -0.3 is 9.80 Å². The largest absolute Gasteiger partial charge is 0.337 e.